The average molecular weight is 343 g/mol. The van der Waals surface area contributed by atoms with E-state index < -0.39 is 0 Å². The van der Waals surface area contributed by atoms with Crippen molar-refractivity contribution in [1.82, 2.24) is 25.0 Å². The summed E-state index contributed by atoms with van der Waals surface area (Å²) in [5.41, 5.74) is 1.28. The number of hydrogen-bond donors (Lipinski definition) is 1. The first-order valence-electron chi connectivity index (χ1n) is 9.56. The summed E-state index contributed by atoms with van der Waals surface area (Å²) < 4.78 is 7.79. The molecule has 6 heteroatoms. The Kier molecular flexibility index (Phi) is 4.18. The van der Waals surface area contributed by atoms with E-state index in [9.17, 15) is 0 Å². The zero-order chi connectivity index (χ0) is 17.6. The molecule has 0 bridgehead atoms. The molecule has 2 aliphatic rings. The first kappa shape index (κ1) is 16.8. The van der Waals surface area contributed by atoms with Gasteiger partial charge < -0.3 is 14.4 Å². The molecule has 0 amide bonds. The number of imidazole rings is 1. The van der Waals surface area contributed by atoms with Crippen LogP contribution in [0.2, 0.25) is 0 Å². The quantitative estimate of drug-likeness (QED) is 0.897. The van der Waals surface area contributed by atoms with E-state index in [4.69, 9.17) is 9.51 Å². The van der Waals surface area contributed by atoms with E-state index >= 15 is 0 Å². The molecule has 136 valence electrons. The fourth-order valence-corrected chi connectivity index (χ4v) is 3.46. The summed E-state index contributed by atoms with van der Waals surface area (Å²) in [5, 5.41) is 7.70. The standard InChI is InChI=1S/C19H29N5O/c1-12(18-22-16(23-25-18)13-7-8-13)20-10-14-6-5-9-24-11-15(19(2,3)4)21-17(14)24/h11-14,20H,5-10H2,1-4H3/t12-,14-/m0/s1. The Bertz CT molecular complexity index is 737. The summed E-state index contributed by atoms with van der Waals surface area (Å²) in [6, 6.07) is 0.0763. The third kappa shape index (κ3) is 3.50. The maximum atomic E-state index is 5.44. The van der Waals surface area contributed by atoms with E-state index in [1.54, 1.807) is 0 Å². The van der Waals surface area contributed by atoms with E-state index in [0.29, 0.717) is 17.7 Å². The number of aromatic nitrogens is 4. The highest BCUT2D eigenvalue weighted by molar-refractivity contribution is 5.17. The molecule has 1 aliphatic carbocycles. The van der Waals surface area contributed by atoms with Gasteiger partial charge in [-0.1, -0.05) is 25.9 Å². The lowest BCUT2D eigenvalue weighted by molar-refractivity contribution is 0.326. The molecule has 6 nitrogen and oxygen atoms in total. The fraction of sp³-hybridized carbons (Fsp3) is 0.737. The smallest absolute Gasteiger partial charge is 0.243 e. The zero-order valence-electron chi connectivity index (χ0n) is 15.7. The molecule has 3 heterocycles. The van der Waals surface area contributed by atoms with Crippen LogP contribution >= 0.6 is 0 Å². The fourth-order valence-electron chi connectivity index (χ4n) is 3.46. The van der Waals surface area contributed by atoms with Crippen LogP contribution in [-0.4, -0.2) is 26.2 Å². The van der Waals surface area contributed by atoms with E-state index in [-0.39, 0.29) is 11.5 Å². The Morgan fingerprint density at radius 1 is 1.28 bits per heavy atom. The molecule has 0 spiro atoms. The van der Waals surface area contributed by atoms with Crippen LogP contribution in [0.3, 0.4) is 0 Å². The molecule has 0 unspecified atom stereocenters. The Morgan fingerprint density at radius 2 is 2.08 bits per heavy atom. The summed E-state index contributed by atoms with van der Waals surface area (Å²) in [5.74, 6) is 3.78. The molecular weight excluding hydrogens is 314 g/mol. The number of fused-ring (bicyclic) bond motifs is 1. The van der Waals surface area contributed by atoms with Crippen molar-refractivity contribution in [1.29, 1.82) is 0 Å². The van der Waals surface area contributed by atoms with Gasteiger partial charge in [0, 0.05) is 36.5 Å². The van der Waals surface area contributed by atoms with Gasteiger partial charge in [0.05, 0.1) is 11.7 Å². The van der Waals surface area contributed by atoms with Gasteiger partial charge in [0.15, 0.2) is 5.82 Å². The highest BCUT2D eigenvalue weighted by atomic mass is 16.5. The van der Waals surface area contributed by atoms with E-state index in [1.165, 1.54) is 37.2 Å². The van der Waals surface area contributed by atoms with E-state index in [1.807, 2.05) is 0 Å². The monoisotopic (exact) mass is 343 g/mol. The van der Waals surface area contributed by atoms with Gasteiger partial charge in [0.2, 0.25) is 5.89 Å². The van der Waals surface area contributed by atoms with Crippen LogP contribution in [0, 0.1) is 0 Å². The largest absolute Gasteiger partial charge is 0.338 e. The number of aryl methyl sites for hydroxylation is 1. The summed E-state index contributed by atoms with van der Waals surface area (Å²) in [6.45, 7) is 10.7. The number of hydrogen-bond acceptors (Lipinski definition) is 5. The molecule has 2 aromatic heterocycles. The molecule has 2 atom stereocenters. The highest BCUT2D eigenvalue weighted by Gasteiger charge is 2.30. The third-order valence-corrected chi connectivity index (χ3v) is 5.33. The summed E-state index contributed by atoms with van der Waals surface area (Å²) in [7, 11) is 0. The number of nitrogens with one attached hydrogen (secondary N) is 1. The lowest BCUT2D eigenvalue weighted by Gasteiger charge is -2.24. The van der Waals surface area contributed by atoms with Gasteiger partial charge in [0.25, 0.3) is 0 Å². The van der Waals surface area contributed by atoms with Gasteiger partial charge in [0.1, 0.15) is 5.82 Å². The lowest BCUT2D eigenvalue weighted by atomic mass is 9.93. The number of nitrogens with zero attached hydrogens (tertiary/aromatic N) is 4. The second kappa shape index (κ2) is 6.24. The van der Waals surface area contributed by atoms with Crippen molar-refractivity contribution in [3.05, 3.63) is 29.4 Å². The molecule has 0 saturated heterocycles. The Morgan fingerprint density at radius 3 is 2.80 bits per heavy atom. The van der Waals surface area contributed by atoms with Gasteiger partial charge in [-0.25, -0.2) is 4.98 Å². The van der Waals surface area contributed by atoms with Gasteiger partial charge in [-0.15, -0.1) is 0 Å². The first-order chi connectivity index (χ1) is 11.9. The molecule has 1 N–H and O–H groups in total. The van der Waals surface area contributed by atoms with Gasteiger partial charge >= 0.3 is 0 Å². The Labute approximate surface area is 149 Å². The molecule has 1 saturated carbocycles. The molecule has 25 heavy (non-hydrogen) atoms. The average Bonchev–Trinajstić information content (AvgIpc) is 3.12. The summed E-state index contributed by atoms with van der Waals surface area (Å²) in [6.07, 6.45) is 7.02. The van der Waals surface area contributed by atoms with Crippen LogP contribution in [0.15, 0.2) is 10.7 Å². The van der Waals surface area contributed by atoms with Crippen LogP contribution in [0.1, 0.15) is 94.5 Å². The van der Waals surface area contributed by atoms with Gasteiger partial charge in [-0.2, -0.15) is 4.98 Å². The van der Waals surface area contributed by atoms with Crippen molar-refractivity contribution in [2.24, 2.45) is 0 Å². The lowest BCUT2D eigenvalue weighted by Crippen LogP contribution is -2.28. The topological polar surface area (TPSA) is 68.8 Å². The SMILES string of the molecule is C[C@H](NC[C@@H]1CCCn2cc(C(C)(C)C)nc21)c1nc(C2CC2)no1. The maximum Gasteiger partial charge on any atom is 0.243 e. The van der Waals surface area contributed by atoms with Crippen molar-refractivity contribution < 1.29 is 4.52 Å². The van der Waals surface area contributed by atoms with Crippen LogP contribution in [0.5, 0.6) is 0 Å². The predicted molar refractivity (Wildman–Crippen MR) is 95.6 cm³/mol. The van der Waals surface area contributed by atoms with E-state index in [2.05, 4.69) is 53.9 Å². The summed E-state index contributed by atoms with van der Waals surface area (Å²) >= 11 is 0. The minimum absolute atomic E-state index is 0.0763. The van der Waals surface area contributed by atoms with Crippen molar-refractivity contribution in [2.45, 2.75) is 83.2 Å². The van der Waals surface area contributed by atoms with Gasteiger partial charge in [-0.3, -0.25) is 0 Å². The maximum absolute atomic E-state index is 5.44. The Balaban J connectivity index is 1.42. The van der Waals surface area contributed by atoms with Crippen molar-refractivity contribution in [2.75, 3.05) is 6.54 Å². The van der Waals surface area contributed by atoms with Crippen LogP contribution in [-0.2, 0) is 12.0 Å². The molecule has 1 aliphatic heterocycles. The minimum Gasteiger partial charge on any atom is -0.338 e. The van der Waals surface area contributed by atoms with Crippen LogP contribution < -0.4 is 5.32 Å². The molecule has 2 aromatic rings. The molecule has 0 aromatic carbocycles. The summed E-state index contributed by atoms with van der Waals surface area (Å²) in [4.78, 5) is 9.52. The molecule has 0 radical (unpaired) electrons. The first-order valence-corrected chi connectivity index (χ1v) is 9.56. The molecule has 1 fully saturated rings. The van der Waals surface area contributed by atoms with Crippen molar-refractivity contribution in [3.63, 3.8) is 0 Å². The predicted octanol–water partition coefficient (Wildman–Crippen LogP) is 3.67. The zero-order valence-corrected chi connectivity index (χ0v) is 15.7. The van der Waals surface area contributed by atoms with Crippen molar-refractivity contribution >= 4 is 0 Å². The minimum atomic E-state index is 0.0763. The van der Waals surface area contributed by atoms with Crippen molar-refractivity contribution in [3.8, 4) is 0 Å². The second-order valence-corrected chi connectivity index (χ2v) is 8.66. The van der Waals surface area contributed by atoms with Gasteiger partial charge in [-0.05, 0) is 32.6 Å². The second-order valence-electron chi connectivity index (χ2n) is 8.66. The van der Waals surface area contributed by atoms with Crippen LogP contribution in [0.4, 0.5) is 0 Å². The molecule has 4 rings (SSSR count). The highest BCUT2D eigenvalue weighted by Crippen LogP contribution is 2.38. The molecular formula is C19H29N5O. The number of rotatable bonds is 5. The normalized spacial score (nSPS) is 22.0. The van der Waals surface area contributed by atoms with Crippen LogP contribution in [0.25, 0.3) is 0 Å². The Hall–Kier alpha value is -1.69. The third-order valence-electron chi connectivity index (χ3n) is 5.33. The van der Waals surface area contributed by atoms with E-state index in [0.717, 1.165) is 18.9 Å².